The summed E-state index contributed by atoms with van der Waals surface area (Å²) in [5, 5.41) is 14.0. The highest BCUT2D eigenvalue weighted by atomic mass is 31.2. The Labute approximate surface area is 506 Å². The molecule has 0 aromatic rings. The monoisotopic (exact) mass is 1160 g/mol. The molecule has 0 aliphatic carbocycles. The van der Waals surface area contributed by atoms with Crippen molar-refractivity contribution in [2.45, 2.75) is 283 Å². The van der Waals surface area contributed by atoms with Gasteiger partial charge < -0.3 is 19.8 Å². The highest BCUT2D eigenvalue weighted by Crippen LogP contribution is 2.43. The van der Waals surface area contributed by atoms with Crippen molar-refractivity contribution in [3.63, 3.8) is 0 Å². The molecule has 0 rings (SSSR count). The van der Waals surface area contributed by atoms with Crippen LogP contribution in [0.25, 0.3) is 0 Å². The van der Waals surface area contributed by atoms with Crippen LogP contribution in [0.3, 0.4) is 0 Å². The zero-order valence-corrected chi connectivity index (χ0v) is 54.6. The van der Waals surface area contributed by atoms with Gasteiger partial charge >= 0.3 is 7.82 Å². The van der Waals surface area contributed by atoms with E-state index in [1.807, 2.05) is 27.2 Å². The van der Waals surface area contributed by atoms with Crippen LogP contribution < -0.4 is 5.32 Å². The molecule has 82 heavy (non-hydrogen) atoms. The Bertz CT molecular complexity index is 1800. The first kappa shape index (κ1) is 78.6. The first-order valence-electron chi connectivity index (χ1n) is 33.6. The van der Waals surface area contributed by atoms with Crippen molar-refractivity contribution in [1.29, 1.82) is 0 Å². The maximum absolute atomic E-state index is 13.0. The quantitative estimate of drug-likeness (QED) is 0.0243. The number of phosphoric ester groups is 1. The van der Waals surface area contributed by atoms with Gasteiger partial charge in [0.1, 0.15) is 13.2 Å². The van der Waals surface area contributed by atoms with Gasteiger partial charge in [0.2, 0.25) is 5.91 Å². The number of amides is 1. The second-order valence-electron chi connectivity index (χ2n) is 23.5. The van der Waals surface area contributed by atoms with Crippen LogP contribution in [0.2, 0.25) is 0 Å². The molecule has 0 aromatic carbocycles. The van der Waals surface area contributed by atoms with E-state index in [9.17, 15) is 19.4 Å². The number of hydrogen-bond acceptors (Lipinski definition) is 5. The van der Waals surface area contributed by atoms with E-state index in [0.717, 1.165) is 109 Å². The van der Waals surface area contributed by atoms with Crippen LogP contribution in [0.1, 0.15) is 271 Å². The number of allylic oxidation sites excluding steroid dienone is 21. The average molecular weight is 1160 g/mol. The van der Waals surface area contributed by atoms with Gasteiger partial charge in [-0.3, -0.25) is 13.8 Å². The molecule has 0 saturated heterocycles. The normalized spacial score (nSPS) is 14.6. The molecular weight excluding hydrogens is 1030 g/mol. The summed E-state index contributed by atoms with van der Waals surface area (Å²) in [5.41, 5.74) is 0. The number of nitrogens with one attached hydrogen (secondary N) is 1. The van der Waals surface area contributed by atoms with E-state index < -0.39 is 20.0 Å². The topological polar surface area (TPSA) is 105 Å². The summed E-state index contributed by atoms with van der Waals surface area (Å²) in [6.45, 7) is 4.68. The Morgan fingerprint density at radius 3 is 1.12 bits per heavy atom. The molecule has 0 spiro atoms. The number of likely N-dealkylation sites (N-methyl/N-ethyl adjacent to an activating group) is 1. The molecule has 1 amide bonds. The minimum absolute atomic E-state index is 0.0471. The van der Waals surface area contributed by atoms with E-state index >= 15 is 0 Å². The lowest BCUT2D eigenvalue weighted by molar-refractivity contribution is -0.870. The first-order valence-corrected chi connectivity index (χ1v) is 35.1. The number of aliphatic hydroxyl groups is 1. The van der Waals surface area contributed by atoms with Crippen molar-refractivity contribution in [1.82, 2.24) is 5.32 Å². The maximum Gasteiger partial charge on any atom is 0.472 e. The van der Waals surface area contributed by atoms with Crippen LogP contribution in [0, 0.1) is 0 Å². The van der Waals surface area contributed by atoms with Gasteiger partial charge in [-0.2, -0.15) is 0 Å². The van der Waals surface area contributed by atoms with Crippen molar-refractivity contribution < 1.29 is 32.9 Å². The number of unbranched alkanes of at least 4 members (excludes halogenated alkanes) is 27. The van der Waals surface area contributed by atoms with E-state index in [1.54, 1.807) is 6.08 Å². The molecule has 3 unspecified atom stereocenters. The summed E-state index contributed by atoms with van der Waals surface area (Å²) in [7, 11) is 1.53. The van der Waals surface area contributed by atoms with E-state index in [0.29, 0.717) is 17.4 Å². The van der Waals surface area contributed by atoms with Gasteiger partial charge in [0, 0.05) is 6.42 Å². The average Bonchev–Trinajstić information content (AvgIpc) is 3.45. The molecule has 0 saturated carbocycles. The van der Waals surface area contributed by atoms with Crippen LogP contribution in [0.5, 0.6) is 0 Å². The molecule has 0 fully saturated rings. The van der Waals surface area contributed by atoms with Crippen LogP contribution in [-0.2, 0) is 18.4 Å². The molecule has 470 valence electrons. The zero-order valence-electron chi connectivity index (χ0n) is 53.7. The predicted octanol–water partition coefficient (Wildman–Crippen LogP) is 21.4. The molecule has 0 radical (unpaired) electrons. The van der Waals surface area contributed by atoms with Gasteiger partial charge in [-0.05, 0) is 103 Å². The third-order valence-electron chi connectivity index (χ3n) is 14.4. The Hall–Kier alpha value is -3.36. The van der Waals surface area contributed by atoms with Gasteiger partial charge in [0.15, 0.2) is 0 Å². The number of quaternary nitrogens is 1. The number of hydrogen-bond donors (Lipinski definition) is 3. The summed E-state index contributed by atoms with van der Waals surface area (Å²) in [6.07, 6.45) is 94.4. The number of phosphoric acid groups is 1. The molecule has 0 aliphatic heterocycles. The molecule has 0 heterocycles. The maximum atomic E-state index is 13.0. The van der Waals surface area contributed by atoms with Gasteiger partial charge in [-0.15, -0.1) is 0 Å². The fraction of sp³-hybridized carbons (Fsp3) is 0.685. The summed E-state index contributed by atoms with van der Waals surface area (Å²) in [6, 6.07) is -0.881. The second kappa shape index (κ2) is 62.2. The molecule has 9 heteroatoms. The molecular formula is C73H128N2O6P+. The Balaban J connectivity index is 4.23. The highest BCUT2D eigenvalue weighted by molar-refractivity contribution is 7.47. The van der Waals surface area contributed by atoms with Crippen LogP contribution in [0.15, 0.2) is 134 Å². The standard InChI is InChI=1S/C73H127N2O6P/c1-6-8-10-12-14-16-18-20-22-24-26-28-30-32-33-34-35-36-37-38-39-40-41-43-45-47-49-51-53-55-57-59-61-63-65-67-73(77)74-71(70-81-82(78,79)80-69-68-75(3,4)5)72(76)66-64-62-60-58-56-54-52-50-48-46-44-42-31-29-27-25-23-21-19-17-15-13-11-9-7-2/h8,10,14,16,20,22,26,28,32-33,35-36,38-39,41,43,47,49,56,58,64,66,71-72,76H,6-7,9,11-13,15,17-19,21,23-25,27,29-31,34,37,40,42,44-46,48,50-55,57,59-63,65,67-70H2,1-5H3,(H-,74,77,78,79)/p+1/b10-8-,16-14-,22-20-,28-26-,33-32-,36-35-,39-38-,43-41-,49-47-,58-56+,66-64+. The Kier molecular flexibility index (Phi) is 59.6. The van der Waals surface area contributed by atoms with E-state index in [1.165, 1.54) is 141 Å². The number of rotatable bonds is 60. The molecule has 8 nitrogen and oxygen atoms in total. The number of nitrogens with zero attached hydrogens (tertiary/aromatic N) is 1. The number of aliphatic hydroxyl groups excluding tert-OH is 1. The van der Waals surface area contributed by atoms with Crippen molar-refractivity contribution in [2.24, 2.45) is 0 Å². The Morgan fingerprint density at radius 1 is 0.427 bits per heavy atom. The highest BCUT2D eigenvalue weighted by Gasteiger charge is 2.27. The molecule has 3 atom stereocenters. The van der Waals surface area contributed by atoms with Crippen molar-refractivity contribution >= 4 is 13.7 Å². The summed E-state index contributed by atoms with van der Waals surface area (Å²) < 4.78 is 23.8. The molecule has 0 bridgehead atoms. The van der Waals surface area contributed by atoms with Crippen molar-refractivity contribution in [2.75, 3.05) is 40.9 Å². The SMILES string of the molecule is CC/C=C\C/C=C\C/C=C\C/C=C\C/C=C\C/C=C\C/C=C\C/C=C\C/C=C\CCCCCCCCCC(=O)NC(COP(=O)(O)OCC[N+](C)(C)C)C(O)/C=C/CC/C=C/CCCCCCCCCCCCCCCCCCCCC. The Morgan fingerprint density at radius 2 is 0.744 bits per heavy atom. The largest absolute Gasteiger partial charge is 0.472 e. The van der Waals surface area contributed by atoms with Gasteiger partial charge in [0.05, 0.1) is 39.9 Å². The minimum atomic E-state index is -4.37. The van der Waals surface area contributed by atoms with E-state index in [-0.39, 0.29) is 19.1 Å². The fourth-order valence-electron chi connectivity index (χ4n) is 9.17. The minimum Gasteiger partial charge on any atom is -0.387 e. The third-order valence-corrected chi connectivity index (χ3v) is 15.3. The summed E-state index contributed by atoms with van der Waals surface area (Å²) in [4.78, 5) is 23.4. The van der Waals surface area contributed by atoms with Crippen molar-refractivity contribution in [3.05, 3.63) is 134 Å². The summed E-state index contributed by atoms with van der Waals surface area (Å²) in [5.74, 6) is -0.201. The lowest BCUT2D eigenvalue weighted by atomic mass is 10.0. The van der Waals surface area contributed by atoms with Crippen LogP contribution in [0.4, 0.5) is 0 Å². The molecule has 0 aliphatic rings. The van der Waals surface area contributed by atoms with Crippen LogP contribution >= 0.6 is 7.82 Å². The van der Waals surface area contributed by atoms with Gasteiger partial charge in [-0.1, -0.05) is 295 Å². The third kappa shape index (κ3) is 64.2. The first-order chi connectivity index (χ1) is 40.0. The number of carbonyl (C=O) groups is 1. The lowest BCUT2D eigenvalue weighted by Crippen LogP contribution is -2.45. The smallest absolute Gasteiger partial charge is 0.387 e. The number of carbonyl (C=O) groups excluding carboxylic acids is 1. The van der Waals surface area contributed by atoms with Gasteiger partial charge in [-0.25, -0.2) is 4.57 Å². The van der Waals surface area contributed by atoms with Crippen LogP contribution in [-0.4, -0.2) is 73.4 Å². The zero-order chi connectivity index (χ0) is 59.8. The van der Waals surface area contributed by atoms with Gasteiger partial charge in [0.25, 0.3) is 0 Å². The lowest BCUT2D eigenvalue weighted by Gasteiger charge is -2.25. The second-order valence-corrected chi connectivity index (χ2v) is 24.9. The van der Waals surface area contributed by atoms with Crippen molar-refractivity contribution in [3.8, 4) is 0 Å². The predicted molar refractivity (Wildman–Crippen MR) is 359 cm³/mol. The molecule has 3 N–H and O–H groups in total. The molecule has 0 aromatic heterocycles. The fourth-order valence-corrected chi connectivity index (χ4v) is 9.91. The summed E-state index contributed by atoms with van der Waals surface area (Å²) >= 11 is 0. The van der Waals surface area contributed by atoms with E-state index in [2.05, 4.69) is 141 Å². The van der Waals surface area contributed by atoms with E-state index in [4.69, 9.17) is 9.05 Å².